The van der Waals surface area contributed by atoms with E-state index in [-0.39, 0.29) is 18.4 Å². The maximum atomic E-state index is 12.6. The van der Waals surface area contributed by atoms with Gasteiger partial charge in [0, 0.05) is 17.0 Å². The van der Waals surface area contributed by atoms with Gasteiger partial charge < -0.3 is 14.8 Å². The smallest absolute Gasteiger partial charge is 0.341 e. The van der Waals surface area contributed by atoms with E-state index < -0.39 is 16.8 Å². The first-order chi connectivity index (χ1) is 13.8. The number of ether oxygens (including phenoxy) is 2. The third kappa shape index (κ3) is 5.11. The van der Waals surface area contributed by atoms with Crippen LogP contribution in [0.4, 0.5) is 10.7 Å². The summed E-state index contributed by atoms with van der Waals surface area (Å²) in [6, 6.07) is 5.47. The number of non-ortho nitro benzene ring substituents is 1. The lowest BCUT2D eigenvalue weighted by Crippen LogP contribution is -2.22. The van der Waals surface area contributed by atoms with E-state index in [0.29, 0.717) is 16.3 Å². The summed E-state index contributed by atoms with van der Waals surface area (Å²) in [6.45, 7) is 3.29. The van der Waals surface area contributed by atoms with Crippen molar-refractivity contribution < 1.29 is 24.0 Å². The largest absolute Gasteiger partial charge is 0.484 e. The molecule has 1 amide bonds. The molecule has 9 heteroatoms. The van der Waals surface area contributed by atoms with Gasteiger partial charge in [-0.25, -0.2) is 4.79 Å². The molecule has 2 aromatic rings. The molecular formula is C20H22N2O6S. The van der Waals surface area contributed by atoms with Crippen molar-refractivity contribution in [2.75, 3.05) is 11.9 Å². The minimum atomic E-state index is -0.507. The zero-order valence-corrected chi connectivity index (χ0v) is 17.0. The van der Waals surface area contributed by atoms with Crippen LogP contribution in [0.15, 0.2) is 24.3 Å². The van der Waals surface area contributed by atoms with Crippen LogP contribution in [-0.2, 0) is 22.4 Å². The average molecular weight is 418 g/mol. The van der Waals surface area contributed by atoms with Crippen LogP contribution in [0.1, 0.15) is 47.5 Å². The highest BCUT2D eigenvalue weighted by molar-refractivity contribution is 7.17. The first kappa shape index (κ1) is 20.8. The quantitative estimate of drug-likeness (QED) is 0.412. The molecule has 0 fully saturated rings. The Morgan fingerprint density at radius 2 is 1.90 bits per heavy atom. The van der Waals surface area contributed by atoms with Crippen LogP contribution in [0, 0.1) is 10.1 Å². The molecule has 1 aliphatic rings. The molecule has 0 atom stereocenters. The Bertz CT molecular complexity index is 920. The normalized spacial score (nSPS) is 12.9. The lowest BCUT2D eigenvalue weighted by Gasteiger charge is -2.14. The summed E-state index contributed by atoms with van der Waals surface area (Å²) in [4.78, 5) is 36.3. The highest BCUT2D eigenvalue weighted by Gasteiger charge is 2.27. The molecule has 1 aliphatic carbocycles. The predicted octanol–water partition coefficient (Wildman–Crippen LogP) is 4.12. The van der Waals surface area contributed by atoms with Crippen LogP contribution in [0.25, 0.3) is 0 Å². The Morgan fingerprint density at radius 1 is 1.21 bits per heavy atom. The summed E-state index contributed by atoms with van der Waals surface area (Å²) >= 11 is 1.41. The van der Waals surface area contributed by atoms with Crippen molar-refractivity contribution in [1.82, 2.24) is 0 Å². The van der Waals surface area contributed by atoms with Crippen molar-refractivity contribution in [3.05, 3.63) is 50.4 Å². The topological polar surface area (TPSA) is 108 Å². The van der Waals surface area contributed by atoms with E-state index in [1.54, 1.807) is 13.8 Å². The third-order valence-corrected chi connectivity index (χ3v) is 5.60. The number of carbonyl (C=O) groups is 2. The fourth-order valence-corrected chi connectivity index (χ4v) is 4.41. The van der Waals surface area contributed by atoms with Crippen molar-refractivity contribution in [3.8, 4) is 5.75 Å². The number of aryl methyl sites for hydroxylation is 1. The summed E-state index contributed by atoms with van der Waals surface area (Å²) in [6.07, 6.45) is 3.49. The van der Waals surface area contributed by atoms with Crippen molar-refractivity contribution in [2.24, 2.45) is 0 Å². The maximum Gasteiger partial charge on any atom is 0.341 e. The van der Waals surface area contributed by atoms with Gasteiger partial charge in [-0.05, 0) is 57.2 Å². The molecule has 0 saturated heterocycles. The van der Waals surface area contributed by atoms with Gasteiger partial charge in [0.1, 0.15) is 10.8 Å². The molecule has 0 spiro atoms. The number of anilines is 1. The van der Waals surface area contributed by atoms with Crippen LogP contribution >= 0.6 is 11.3 Å². The number of amides is 1. The second kappa shape index (κ2) is 9.04. The fraction of sp³-hybridized carbons (Fsp3) is 0.400. The monoisotopic (exact) mass is 418 g/mol. The number of nitro groups is 1. The van der Waals surface area contributed by atoms with Crippen molar-refractivity contribution in [3.63, 3.8) is 0 Å². The predicted molar refractivity (Wildman–Crippen MR) is 109 cm³/mol. The summed E-state index contributed by atoms with van der Waals surface area (Å²) in [7, 11) is 0. The molecule has 0 bridgehead atoms. The fourth-order valence-electron chi connectivity index (χ4n) is 3.12. The molecule has 0 saturated carbocycles. The van der Waals surface area contributed by atoms with Gasteiger partial charge in [0.25, 0.3) is 11.6 Å². The number of rotatable bonds is 7. The van der Waals surface area contributed by atoms with E-state index in [1.807, 2.05) is 0 Å². The molecule has 1 aromatic heterocycles. The molecule has 8 nitrogen and oxygen atoms in total. The zero-order chi connectivity index (χ0) is 21.0. The Labute approximate surface area is 172 Å². The number of hydrogen-bond donors (Lipinski definition) is 1. The first-order valence-electron chi connectivity index (χ1n) is 9.37. The Kier molecular flexibility index (Phi) is 6.48. The van der Waals surface area contributed by atoms with Crippen LogP contribution in [0.3, 0.4) is 0 Å². The number of nitro benzene ring substituents is 1. The molecule has 1 aromatic carbocycles. The van der Waals surface area contributed by atoms with Crippen molar-refractivity contribution in [1.29, 1.82) is 0 Å². The molecule has 0 radical (unpaired) electrons. The minimum absolute atomic E-state index is 0.0562. The van der Waals surface area contributed by atoms with Gasteiger partial charge >= 0.3 is 5.97 Å². The lowest BCUT2D eigenvalue weighted by atomic mass is 9.95. The minimum Gasteiger partial charge on any atom is -0.484 e. The van der Waals surface area contributed by atoms with Gasteiger partial charge in [-0.1, -0.05) is 0 Å². The molecule has 0 unspecified atom stereocenters. The number of nitrogens with zero attached hydrogens (tertiary/aromatic N) is 1. The number of esters is 1. The van der Waals surface area contributed by atoms with E-state index in [9.17, 15) is 19.7 Å². The van der Waals surface area contributed by atoms with Gasteiger partial charge in [-0.2, -0.15) is 0 Å². The Hall–Kier alpha value is -2.94. The molecule has 0 aliphatic heterocycles. The van der Waals surface area contributed by atoms with Gasteiger partial charge in [0.15, 0.2) is 6.61 Å². The van der Waals surface area contributed by atoms with Crippen LogP contribution in [0.2, 0.25) is 0 Å². The molecular weight excluding hydrogens is 396 g/mol. The van der Waals surface area contributed by atoms with Crippen molar-refractivity contribution >= 4 is 33.9 Å². The standard InChI is InChI=1S/C20H22N2O6S/c1-12(2)28-20(24)18-15-5-3-4-6-16(15)29-19(18)21-17(23)11-27-14-9-7-13(8-10-14)22(25)26/h7-10,12H,3-6,11H2,1-2H3,(H,21,23). The Balaban J connectivity index is 1.70. The summed E-state index contributed by atoms with van der Waals surface area (Å²) in [5.74, 6) is -0.498. The summed E-state index contributed by atoms with van der Waals surface area (Å²) in [5, 5.41) is 13.9. The lowest BCUT2D eigenvalue weighted by molar-refractivity contribution is -0.384. The molecule has 29 heavy (non-hydrogen) atoms. The first-order valence-corrected chi connectivity index (χ1v) is 10.2. The number of fused-ring (bicyclic) bond motifs is 1. The number of benzene rings is 1. The Morgan fingerprint density at radius 3 is 2.55 bits per heavy atom. The molecule has 1 N–H and O–H groups in total. The highest BCUT2D eigenvalue weighted by Crippen LogP contribution is 2.38. The van der Waals surface area contributed by atoms with Crippen LogP contribution in [-0.4, -0.2) is 29.5 Å². The number of nitrogens with one attached hydrogen (secondary N) is 1. The second-order valence-electron chi connectivity index (χ2n) is 6.96. The number of carbonyl (C=O) groups excluding carboxylic acids is 2. The van der Waals surface area contributed by atoms with Gasteiger partial charge in [-0.3, -0.25) is 14.9 Å². The molecule has 3 rings (SSSR count). The second-order valence-corrected chi connectivity index (χ2v) is 8.06. The third-order valence-electron chi connectivity index (χ3n) is 4.39. The van der Waals surface area contributed by atoms with E-state index in [0.717, 1.165) is 36.1 Å². The van der Waals surface area contributed by atoms with E-state index in [1.165, 1.54) is 35.6 Å². The van der Waals surface area contributed by atoms with Gasteiger partial charge in [-0.15, -0.1) is 11.3 Å². The highest BCUT2D eigenvalue weighted by atomic mass is 32.1. The molecule has 154 valence electrons. The summed E-state index contributed by atoms with van der Waals surface area (Å²) in [5.41, 5.74) is 1.36. The average Bonchev–Trinajstić information content (AvgIpc) is 3.04. The number of hydrogen-bond acceptors (Lipinski definition) is 7. The van der Waals surface area contributed by atoms with Crippen molar-refractivity contribution in [2.45, 2.75) is 45.6 Å². The van der Waals surface area contributed by atoms with E-state index >= 15 is 0 Å². The van der Waals surface area contributed by atoms with E-state index in [4.69, 9.17) is 9.47 Å². The molecule has 1 heterocycles. The van der Waals surface area contributed by atoms with E-state index in [2.05, 4.69) is 5.32 Å². The maximum absolute atomic E-state index is 12.6. The van der Waals surface area contributed by atoms with Crippen LogP contribution < -0.4 is 10.1 Å². The van der Waals surface area contributed by atoms with Gasteiger partial charge in [0.2, 0.25) is 0 Å². The number of thiophene rings is 1. The SMILES string of the molecule is CC(C)OC(=O)c1c(NC(=O)COc2ccc([N+](=O)[O-])cc2)sc2c1CCCC2. The van der Waals surface area contributed by atoms with Gasteiger partial charge in [0.05, 0.1) is 16.6 Å². The zero-order valence-electron chi connectivity index (χ0n) is 16.2. The summed E-state index contributed by atoms with van der Waals surface area (Å²) < 4.78 is 10.8. The van der Waals surface area contributed by atoms with Crippen LogP contribution in [0.5, 0.6) is 5.75 Å².